The van der Waals surface area contributed by atoms with Gasteiger partial charge in [0.15, 0.2) is 6.29 Å². The quantitative estimate of drug-likeness (QED) is 0.419. The molecule has 0 saturated carbocycles. The van der Waals surface area contributed by atoms with E-state index in [1.165, 1.54) is 0 Å². The molecule has 26 heavy (non-hydrogen) atoms. The monoisotopic (exact) mass is 372 g/mol. The number of aliphatic carboxylic acids is 1. The van der Waals surface area contributed by atoms with Gasteiger partial charge >= 0.3 is 5.97 Å². The van der Waals surface area contributed by atoms with Crippen LogP contribution >= 0.6 is 0 Å². The lowest BCUT2D eigenvalue weighted by atomic mass is 9.75. The van der Waals surface area contributed by atoms with E-state index in [9.17, 15) is 30.3 Å². The molecule has 1 unspecified atom stereocenters. The Kier molecular flexibility index (Phi) is 6.95. The predicted octanol–water partition coefficient (Wildman–Crippen LogP) is -0.195. The summed E-state index contributed by atoms with van der Waals surface area (Å²) in [7, 11) is 0. The van der Waals surface area contributed by atoms with Crippen LogP contribution in [0.5, 0.6) is 0 Å². The van der Waals surface area contributed by atoms with E-state index in [0.29, 0.717) is 5.57 Å². The lowest BCUT2D eigenvalue weighted by molar-refractivity contribution is -0.308. The van der Waals surface area contributed by atoms with Gasteiger partial charge in [0.1, 0.15) is 24.4 Å². The van der Waals surface area contributed by atoms with Gasteiger partial charge in [-0.05, 0) is 24.8 Å². The van der Waals surface area contributed by atoms with E-state index < -0.39 is 49.4 Å². The van der Waals surface area contributed by atoms with Crippen molar-refractivity contribution in [3.63, 3.8) is 0 Å². The van der Waals surface area contributed by atoms with Gasteiger partial charge in [-0.1, -0.05) is 26.0 Å². The summed E-state index contributed by atoms with van der Waals surface area (Å²) in [6.45, 7) is 5.09. The summed E-state index contributed by atoms with van der Waals surface area (Å²) in [6.07, 6.45) is -3.63. The summed E-state index contributed by atoms with van der Waals surface area (Å²) in [5.41, 5.74) is 1.07. The van der Waals surface area contributed by atoms with Gasteiger partial charge in [-0.2, -0.15) is 0 Å². The molecule has 148 valence electrons. The molecule has 0 aromatic rings. The summed E-state index contributed by atoms with van der Waals surface area (Å²) in [5.74, 6) is -1.31. The third kappa shape index (κ3) is 4.00. The minimum absolute atomic E-state index is 0.0183. The second kappa shape index (κ2) is 8.60. The first-order chi connectivity index (χ1) is 12.2. The zero-order valence-corrected chi connectivity index (χ0v) is 15.1. The van der Waals surface area contributed by atoms with Gasteiger partial charge in [0.2, 0.25) is 0 Å². The zero-order chi connectivity index (χ0) is 19.6. The van der Waals surface area contributed by atoms with E-state index >= 15 is 0 Å². The van der Waals surface area contributed by atoms with Gasteiger partial charge in [-0.3, -0.25) is 0 Å². The molecule has 0 radical (unpaired) electrons. The van der Waals surface area contributed by atoms with Crippen LogP contribution in [0.4, 0.5) is 0 Å². The molecule has 0 aromatic carbocycles. The number of aliphatic hydroxyl groups is 4. The number of carbonyl (C=O) groups is 1. The molecule has 1 fully saturated rings. The molecule has 0 amide bonds. The first-order valence-corrected chi connectivity index (χ1v) is 8.78. The topological polar surface area (TPSA) is 137 Å². The molecule has 0 aromatic heterocycles. The number of hydrogen-bond donors (Lipinski definition) is 5. The van der Waals surface area contributed by atoms with Gasteiger partial charge in [-0.25, -0.2) is 4.79 Å². The third-order valence-electron chi connectivity index (χ3n) is 5.01. The summed E-state index contributed by atoms with van der Waals surface area (Å²) in [4.78, 5) is 11.6. The van der Waals surface area contributed by atoms with E-state index in [1.807, 2.05) is 13.8 Å². The van der Waals surface area contributed by atoms with Crippen molar-refractivity contribution in [2.75, 3.05) is 6.61 Å². The van der Waals surface area contributed by atoms with Crippen molar-refractivity contribution in [2.24, 2.45) is 11.8 Å². The molecule has 2 rings (SSSR count). The van der Waals surface area contributed by atoms with Crippen molar-refractivity contribution in [3.05, 3.63) is 23.3 Å². The molecule has 2 aliphatic rings. The molecule has 1 saturated heterocycles. The predicted molar refractivity (Wildman–Crippen MR) is 91.1 cm³/mol. The van der Waals surface area contributed by atoms with Crippen LogP contribution in [-0.4, -0.2) is 74.9 Å². The minimum atomic E-state index is -1.52. The Bertz CT molecular complexity index is 568. The standard InChI is InChI=1S/C18H28O8/c1-4-9-11(6-5-10(17(23)24)13(9)8(2)3)25-18-16(22)15(21)14(20)12(7-19)26-18/h4-5,8,11-16,18-22H,6-7H2,1-3H3,(H,23,24)/b9-4-/t11-,12-,13?,14-,15+,16-,18-/m1/s1. The molecule has 0 spiro atoms. The van der Waals surface area contributed by atoms with Crippen molar-refractivity contribution in [1.82, 2.24) is 0 Å². The fraction of sp³-hybridized carbons (Fsp3) is 0.722. The highest BCUT2D eigenvalue weighted by atomic mass is 16.7. The highest BCUT2D eigenvalue weighted by Gasteiger charge is 2.46. The average molecular weight is 372 g/mol. The third-order valence-corrected chi connectivity index (χ3v) is 5.01. The first-order valence-electron chi connectivity index (χ1n) is 8.78. The van der Waals surface area contributed by atoms with E-state index in [1.54, 1.807) is 19.1 Å². The maximum atomic E-state index is 11.6. The van der Waals surface area contributed by atoms with Gasteiger partial charge in [0.05, 0.1) is 12.7 Å². The van der Waals surface area contributed by atoms with Crippen molar-refractivity contribution < 1.29 is 39.8 Å². The van der Waals surface area contributed by atoms with E-state index in [0.717, 1.165) is 5.57 Å². The highest BCUT2D eigenvalue weighted by Crippen LogP contribution is 2.38. The maximum Gasteiger partial charge on any atom is 0.331 e. The fourth-order valence-electron chi connectivity index (χ4n) is 3.68. The Balaban J connectivity index is 2.24. The summed E-state index contributed by atoms with van der Waals surface area (Å²) in [5, 5.41) is 48.6. The molecular weight excluding hydrogens is 344 g/mol. The number of carboxylic acids is 1. The number of carboxylic acid groups (broad SMARTS) is 1. The van der Waals surface area contributed by atoms with E-state index in [4.69, 9.17) is 9.47 Å². The average Bonchev–Trinajstić information content (AvgIpc) is 2.61. The van der Waals surface area contributed by atoms with Gasteiger partial charge in [-0.15, -0.1) is 0 Å². The molecule has 0 bridgehead atoms. The molecule has 1 aliphatic heterocycles. The molecule has 1 aliphatic carbocycles. The number of aliphatic hydroxyl groups excluding tert-OH is 4. The van der Waals surface area contributed by atoms with Crippen LogP contribution in [0.3, 0.4) is 0 Å². The Morgan fingerprint density at radius 2 is 1.96 bits per heavy atom. The SMILES string of the molecule is C/C=C1\C(C(C)C)C(C(=O)O)=CC[C@H]1O[C@@H]1O[C@H](CO)[C@@H](O)[C@H](O)[C@H]1O. The Morgan fingerprint density at radius 3 is 2.46 bits per heavy atom. The summed E-state index contributed by atoms with van der Waals surface area (Å²) < 4.78 is 11.2. The minimum Gasteiger partial charge on any atom is -0.478 e. The number of hydrogen-bond acceptors (Lipinski definition) is 7. The zero-order valence-electron chi connectivity index (χ0n) is 15.1. The lowest BCUT2D eigenvalue weighted by Gasteiger charge is -2.42. The van der Waals surface area contributed by atoms with Crippen LogP contribution in [0.1, 0.15) is 27.2 Å². The second-order valence-electron chi connectivity index (χ2n) is 7.03. The van der Waals surface area contributed by atoms with Crippen LogP contribution in [-0.2, 0) is 14.3 Å². The van der Waals surface area contributed by atoms with Crippen molar-refractivity contribution in [1.29, 1.82) is 0 Å². The molecule has 8 nitrogen and oxygen atoms in total. The van der Waals surface area contributed by atoms with Crippen molar-refractivity contribution >= 4 is 5.97 Å². The van der Waals surface area contributed by atoms with Crippen LogP contribution in [0.2, 0.25) is 0 Å². The lowest BCUT2D eigenvalue weighted by Crippen LogP contribution is -2.59. The van der Waals surface area contributed by atoms with Gasteiger partial charge in [0, 0.05) is 11.5 Å². The van der Waals surface area contributed by atoms with Gasteiger partial charge < -0.3 is 35.0 Å². The molecule has 7 atom stereocenters. The Morgan fingerprint density at radius 1 is 1.31 bits per heavy atom. The molecule has 5 N–H and O–H groups in total. The van der Waals surface area contributed by atoms with E-state index in [2.05, 4.69) is 0 Å². The van der Waals surface area contributed by atoms with Gasteiger partial charge in [0.25, 0.3) is 0 Å². The Hall–Kier alpha value is -1.29. The smallest absolute Gasteiger partial charge is 0.331 e. The maximum absolute atomic E-state index is 11.6. The number of allylic oxidation sites excluding steroid dienone is 1. The van der Waals surface area contributed by atoms with E-state index in [-0.39, 0.29) is 18.3 Å². The number of rotatable bonds is 5. The van der Waals surface area contributed by atoms with Crippen molar-refractivity contribution in [3.8, 4) is 0 Å². The van der Waals surface area contributed by atoms with Crippen LogP contribution in [0, 0.1) is 11.8 Å². The van der Waals surface area contributed by atoms with Crippen molar-refractivity contribution in [2.45, 2.75) is 64.0 Å². The number of ether oxygens (including phenoxy) is 2. The summed E-state index contributed by atoms with van der Waals surface area (Å²) in [6, 6.07) is 0. The van der Waals surface area contributed by atoms with Crippen LogP contribution in [0.25, 0.3) is 0 Å². The van der Waals surface area contributed by atoms with Crippen LogP contribution < -0.4 is 0 Å². The Labute approximate surface area is 152 Å². The molecule has 8 heteroatoms. The molecule has 1 heterocycles. The molecular formula is C18H28O8. The first kappa shape index (κ1) is 21.0. The largest absolute Gasteiger partial charge is 0.478 e. The normalized spacial score (nSPS) is 39.9. The second-order valence-corrected chi connectivity index (χ2v) is 7.03. The highest BCUT2D eigenvalue weighted by molar-refractivity contribution is 5.88. The fourth-order valence-corrected chi connectivity index (χ4v) is 3.68. The van der Waals surface area contributed by atoms with Crippen LogP contribution in [0.15, 0.2) is 23.3 Å². The summed E-state index contributed by atoms with van der Waals surface area (Å²) >= 11 is 0.